The van der Waals surface area contributed by atoms with Crippen molar-refractivity contribution in [3.05, 3.63) is 48.0 Å². The van der Waals surface area contributed by atoms with E-state index in [2.05, 4.69) is 10.6 Å². The van der Waals surface area contributed by atoms with E-state index in [0.717, 1.165) is 0 Å². The van der Waals surface area contributed by atoms with Gasteiger partial charge in [-0.2, -0.15) is 5.26 Å². The molecule has 6 heteroatoms. The highest BCUT2D eigenvalue weighted by atomic mass is 16.5. The number of nitrogens with one attached hydrogen (secondary N) is 2. The highest BCUT2D eigenvalue weighted by molar-refractivity contribution is 5.96. The van der Waals surface area contributed by atoms with Crippen molar-refractivity contribution in [1.29, 1.82) is 5.26 Å². The molecule has 0 unspecified atom stereocenters. The highest BCUT2D eigenvalue weighted by Crippen LogP contribution is 2.29. The van der Waals surface area contributed by atoms with Crippen LogP contribution in [0.2, 0.25) is 0 Å². The van der Waals surface area contributed by atoms with Crippen LogP contribution >= 0.6 is 0 Å². The molecular formula is C18H19N3O3. The van der Waals surface area contributed by atoms with Gasteiger partial charge in [0, 0.05) is 11.8 Å². The van der Waals surface area contributed by atoms with E-state index in [4.69, 9.17) is 14.7 Å². The molecule has 0 aliphatic heterocycles. The minimum Gasteiger partial charge on any atom is -0.497 e. The summed E-state index contributed by atoms with van der Waals surface area (Å²) < 4.78 is 10.5. The van der Waals surface area contributed by atoms with Crippen LogP contribution in [0.5, 0.6) is 11.5 Å². The molecule has 0 saturated carbocycles. The van der Waals surface area contributed by atoms with E-state index >= 15 is 0 Å². The van der Waals surface area contributed by atoms with E-state index in [-0.39, 0.29) is 5.91 Å². The summed E-state index contributed by atoms with van der Waals surface area (Å²) in [6, 6.07) is 13.6. The van der Waals surface area contributed by atoms with E-state index in [1.807, 2.05) is 6.07 Å². The molecule has 24 heavy (non-hydrogen) atoms. The Bertz CT molecular complexity index is 768. The molecule has 1 amide bonds. The molecule has 0 fully saturated rings. The maximum absolute atomic E-state index is 12.3. The Morgan fingerprint density at radius 3 is 2.62 bits per heavy atom. The first-order valence-electron chi connectivity index (χ1n) is 7.37. The summed E-state index contributed by atoms with van der Waals surface area (Å²) in [5.74, 6) is 1.05. The van der Waals surface area contributed by atoms with E-state index in [1.54, 1.807) is 63.6 Å². The number of rotatable bonds is 6. The van der Waals surface area contributed by atoms with Gasteiger partial charge < -0.3 is 20.1 Å². The van der Waals surface area contributed by atoms with Crippen molar-refractivity contribution in [3.8, 4) is 17.6 Å². The molecule has 0 radical (unpaired) electrons. The van der Waals surface area contributed by atoms with Crippen molar-refractivity contribution >= 4 is 17.3 Å². The van der Waals surface area contributed by atoms with Crippen LogP contribution in [0.1, 0.15) is 12.5 Å². The number of carbonyl (C=O) groups excluding carboxylic acids is 1. The number of nitriles is 1. The summed E-state index contributed by atoms with van der Waals surface area (Å²) in [4.78, 5) is 12.3. The lowest BCUT2D eigenvalue weighted by Crippen LogP contribution is -2.32. The summed E-state index contributed by atoms with van der Waals surface area (Å²) in [6.07, 6.45) is 0. The second-order valence-corrected chi connectivity index (χ2v) is 5.11. The Labute approximate surface area is 141 Å². The van der Waals surface area contributed by atoms with Crippen LogP contribution in [0.4, 0.5) is 11.4 Å². The van der Waals surface area contributed by atoms with Gasteiger partial charge in [-0.05, 0) is 37.3 Å². The van der Waals surface area contributed by atoms with Crippen LogP contribution in [-0.4, -0.2) is 26.2 Å². The molecule has 0 bridgehead atoms. The van der Waals surface area contributed by atoms with Crippen LogP contribution in [-0.2, 0) is 4.79 Å². The minimum absolute atomic E-state index is 0.227. The predicted octanol–water partition coefficient (Wildman–Crippen LogP) is 3.01. The molecule has 2 aromatic rings. The Hall–Kier alpha value is -3.20. The topological polar surface area (TPSA) is 83.4 Å². The zero-order valence-corrected chi connectivity index (χ0v) is 13.8. The van der Waals surface area contributed by atoms with Gasteiger partial charge in [-0.15, -0.1) is 0 Å². The van der Waals surface area contributed by atoms with Crippen molar-refractivity contribution in [3.63, 3.8) is 0 Å². The zero-order chi connectivity index (χ0) is 17.5. The van der Waals surface area contributed by atoms with Gasteiger partial charge in [-0.25, -0.2) is 0 Å². The zero-order valence-electron chi connectivity index (χ0n) is 13.8. The van der Waals surface area contributed by atoms with Crippen molar-refractivity contribution in [1.82, 2.24) is 0 Å². The first-order chi connectivity index (χ1) is 11.6. The summed E-state index contributed by atoms with van der Waals surface area (Å²) in [6.45, 7) is 1.74. The van der Waals surface area contributed by atoms with Crippen LogP contribution < -0.4 is 20.1 Å². The van der Waals surface area contributed by atoms with Gasteiger partial charge in [-0.1, -0.05) is 6.07 Å². The molecule has 2 N–H and O–H groups in total. The Morgan fingerprint density at radius 1 is 1.17 bits per heavy atom. The smallest absolute Gasteiger partial charge is 0.246 e. The number of anilines is 2. The van der Waals surface area contributed by atoms with Crippen molar-refractivity contribution in [2.45, 2.75) is 13.0 Å². The number of benzene rings is 2. The Balaban J connectivity index is 2.10. The SMILES string of the molecule is COc1ccc(OC)c(N[C@H](C)C(=O)Nc2cccc(C#N)c2)c1. The maximum Gasteiger partial charge on any atom is 0.246 e. The largest absolute Gasteiger partial charge is 0.497 e. The standard InChI is InChI=1S/C18H19N3O3/c1-12(18(22)21-14-6-4-5-13(9-14)11-19)20-16-10-15(23-2)7-8-17(16)24-3/h4-10,12,20H,1-3H3,(H,21,22)/t12-/m1/s1. The lowest BCUT2D eigenvalue weighted by molar-refractivity contribution is -0.116. The first-order valence-corrected chi connectivity index (χ1v) is 7.37. The number of hydrogen-bond donors (Lipinski definition) is 2. The van der Waals surface area contributed by atoms with Crippen LogP contribution in [0, 0.1) is 11.3 Å². The second kappa shape index (κ2) is 7.88. The lowest BCUT2D eigenvalue weighted by atomic mass is 10.2. The average Bonchev–Trinajstić information content (AvgIpc) is 2.61. The van der Waals surface area contributed by atoms with Gasteiger partial charge in [0.2, 0.25) is 5.91 Å². The van der Waals surface area contributed by atoms with Gasteiger partial charge in [0.1, 0.15) is 17.5 Å². The molecule has 124 valence electrons. The van der Waals surface area contributed by atoms with E-state index in [9.17, 15) is 4.79 Å². The van der Waals surface area contributed by atoms with Crippen molar-refractivity contribution in [2.24, 2.45) is 0 Å². The second-order valence-electron chi connectivity index (χ2n) is 5.11. The number of ether oxygens (including phenoxy) is 2. The molecule has 2 aromatic carbocycles. The number of methoxy groups -OCH3 is 2. The molecule has 0 heterocycles. The minimum atomic E-state index is -0.517. The Kier molecular flexibility index (Phi) is 5.63. The molecule has 0 aliphatic rings. The van der Waals surface area contributed by atoms with Crippen LogP contribution in [0.3, 0.4) is 0 Å². The van der Waals surface area contributed by atoms with E-state index < -0.39 is 6.04 Å². The molecule has 2 rings (SSSR count). The molecule has 0 spiro atoms. The van der Waals surface area contributed by atoms with E-state index in [1.165, 1.54) is 0 Å². The van der Waals surface area contributed by atoms with Gasteiger partial charge in [0.15, 0.2) is 0 Å². The third-order valence-electron chi connectivity index (χ3n) is 3.43. The van der Waals surface area contributed by atoms with E-state index in [0.29, 0.717) is 28.4 Å². The Morgan fingerprint density at radius 2 is 1.96 bits per heavy atom. The summed E-state index contributed by atoms with van der Waals surface area (Å²) >= 11 is 0. The fourth-order valence-electron chi connectivity index (χ4n) is 2.14. The van der Waals surface area contributed by atoms with Gasteiger partial charge >= 0.3 is 0 Å². The normalized spacial score (nSPS) is 11.1. The number of nitrogens with zero attached hydrogens (tertiary/aromatic N) is 1. The average molecular weight is 325 g/mol. The molecule has 1 atom stereocenters. The summed E-state index contributed by atoms with van der Waals surface area (Å²) in [5.41, 5.74) is 1.72. The van der Waals surface area contributed by atoms with Crippen LogP contribution in [0.25, 0.3) is 0 Å². The predicted molar refractivity (Wildman–Crippen MR) is 92.4 cm³/mol. The molecule has 0 aliphatic carbocycles. The number of amides is 1. The molecule has 0 aromatic heterocycles. The summed E-state index contributed by atoms with van der Waals surface area (Å²) in [5, 5.41) is 14.8. The fourth-order valence-corrected chi connectivity index (χ4v) is 2.14. The molecule has 6 nitrogen and oxygen atoms in total. The van der Waals surface area contributed by atoms with Gasteiger partial charge in [0.25, 0.3) is 0 Å². The first kappa shape index (κ1) is 17.2. The third-order valence-corrected chi connectivity index (χ3v) is 3.43. The monoisotopic (exact) mass is 325 g/mol. The summed E-state index contributed by atoms with van der Waals surface area (Å²) in [7, 11) is 3.13. The van der Waals surface area contributed by atoms with Gasteiger partial charge in [0.05, 0.1) is 31.5 Å². The quantitative estimate of drug-likeness (QED) is 0.853. The number of hydrogen-bond acceptors (Lipinski definition) is 5. The van der Waals surface area contributed by atoms with Crippen LogP contribution in [0.15, 0.2) is 42.5 Å². The molecule has 0 saturated heterocycles. The van der Waals surface area contributed by atoms with Crippen molar-refractivity contribution < 1.29 is 14.3 Å². The third kappa shape index (κ3) is 4.17. The number of carbonyl (C=O) groups is 1. The fraction of sp³-hybridized carbons (Fsp3) is 0.222. The van der Waals surface area contributed by atoms with Crippen molar-refractivity contribution in [2.75, 3.05) is 24.9 Å². The maximum atomic E-state index is 12.3. The highest BCUT2D eigenvalue weighted by Gasteiger charge is 2.15. The van der Waals surface area contributed by atoms with Gasteiger partial charge in [-0.3, -0.25) is 4.79 Å². The molecular weight excluding hydrogens is 306 g/mol. The lowest BCUT2D eigenvalue weighted by Gasteiger charge is -2.18.